The van der Waals surface area contributed by atoms with Crippen LogP contribution in [-0.4, -0.2) is 35.2 Å². The number of hydrogen-bond donors (Lipinski definition) is 4. The van der Waals surface area contributed by atoms with E-state index < -0.39 is 17.9 Å². The van der Waals surface area contributed by atoms with Crippen LogP contribution in [0.5, 0.6) is 0 Å². The standard InChI is InChI=1S/C30H33Br2N3O4/c1-18-4-6-20(31)14-23(18)24(16-29(36)37)19(2)5-8-22(34)9-11-28-26(17-30(38)39)25-15-21(32)7-10-27(25)35(28)13-3-12-33/h4-11,14-15,24,26H,2-3,12-13,16-17,33-34H2,1H3,(H,36,37)(H,38,39)/b8-5+,22-9-,28-11+. The summed E-state index contributed by atoms with van der Waals surface area (Å²) >= 11 is 6.97. The summed E-state index contributed by atoms with van der Waals surface area (Å²) in [7, 11) is 0. The molecule has 2 unspecified atom stereocenters. The number of carboxylic acids is 2. The van der Waals surface area contributed by atoms with E-state index in [9.17, 15) is 19.8 Å². The van der Waals surface area contributed by atoms with Crippen LogP contribution in [0.4, 0.5) is 5.69 Å². The van der Waals surface area contributed by atoms with Gasteiger partial charge in [0.1, 0.15) is 0 Å². The Morgan fingerprint density at radius 3 is 2.46 bits per heavy atom. The summed E-state index contributed by atoms with van der Waals surface area (Å²) < 4.78 is 1.74. The summed E-state index contributed by atoms with van der Waals surface area (Å²) in [4.78, 5) is 25.5. The average Bonchev–Trinajstić information content (AvgIpc) is 3.15. The number of rotatable bonds is 12. The third kappa shape index (κ3) is 7.94. The summed E-state index contributed by atoms with van der Waals surface area (Å²) in [6.07, 6.45) is 7.60. The van der Waals surface area contributed by atoms with Gasteiger partial charge in [-0.1, -0.05) is 50.6 Å². The number of allylic oxidation sites excluding steroid dienone is 6. The Hall–Kier alpha value is -3.14. The largest absolute Gasteiger partial charge is 0.481 e. The molecule has 0 radical (unpaired) electrons. The fraction of sp³-hybridized carbons (Fsp3) is 0.267. The first-order valence-electron chi connectivity index (χ1n) is 12.5. The van der Waals surface area contributed by atoms with Crippen molar-refractivity contribution in [1.29, 1.82) is 0 Å². The molecule has 2 atom stereocenters. The smallest absolute Gasteiger partial charge is 0.304 e. The van der Waals surface area contributed by atoms with Crippen molar-refractivity contribution >= 4 is 49.5 Å². The molecule has 1 heterocycles. The third-order valence-electron chi connectivity index (χ3n) is 6.67. The number of carbonyl (C=O) groups is 2. The molecule has 0 amide bonds. The Morgan fingerprint density at radius 2 is 1.79 bits per heavy atom. The quantitative estimate of drug-likeness (QED) is 0.196. The molecule has 3 rings (SSSR count). The number of aryl methyl sites for hydroxylation is 1. The molecular formula is C30H33Br2N3O4. The fourth-order valence-electron chi connectivity index (χ4n) is 4.79. The Bertz CT molecular complexity index is 1350. The molecular weight excluding hydrogens is 626 g/mol. The average molecular weight is 659 g/mol. The molecule has 7 nitrogen and oxygen atoms in total. The SMILES string of the molecule is C=C(/C=C/C(N)=C/C=C1\C(CC(=O)O)c2cc(Br)ccc2N1CCCN)C(CC(=O)O)c1cc(Br)ccc1C. The number of hydrogen-bond acceptors (Lipinski definition) is 5. The fourth-order valence-corrected chi connectivity index (χ4v) is 5.55. The minimum absolute atomic E-state index is 0.0579. The molecule has 2 aromatic rings. The number of aliphatic carboxylic acids is 2. The molecule has 39 heavy (non-hydrogen) atoms. The van der Waals surface area contributed by atoms with Crippen LogP contribution in [-0.2, 0) is 9.59 Å². The van der Waals surface area contributed by atoms with Gasteiger partial charge < -0.3 is 26.6 Å². The highest BCUT2D eigenvalue weighted by atomic mass is 79.9. The van der Waals surface area contributed by atoms with Crippen LogP contribution >= 0.6 is 31.9 Å². The van der Waals surface area contributed by atoms with Crippen LogP contribution in [0.1, 0.15) is 47.8 Å². The van der Waals surface area contributed by atoms with E-state index in [1.54, 1.807) is 18.2 Å². The zero-order valence-corrected chi connectivity index (χ0v) is 24.9. The number of nitrogens with two attached hydrogens (primary N) is 2. The predicted molar refractivity (Wildman–Crippen MR) is 163 cm³/mol. The van der Waals surface area contributed by atoms with Crippen molar-refractivity contribution < 1.29 is 19.8 Å². The van der Waals surface area contributed by atoms with Crippen molar-refractivity contribution in [3.63, 3.8) is 0 Å². The number of anilines is 1. The van der Waals surface area contributed by atoms with Crippen LogP contribution in [0.3, 0.4) is 0 Å². The lowest BCUT2D eigenvalue weighted by molar-refractivity contribution is -0.138. The highest BCUT2D eigenvalue weighted by Gasteiger charge is 2.34. The lowest BCUT2D eigenvalue weighted by atomic mass is 9.86. The van der Waals surface area contributed by atoms with Crippen molar-refractivity contribution in [2.75, 3.05) is 18.0 Å². The topological polar surface area (TPSA) is 130 Å². The lowest BCUT2D eigenvalue weighted by Crippen LogP contribution is -2.24. The summed E-state index contributed by atoms with van der Waals surface area (Å²) in [6.45, 7) is 7.24. The van der Waals surface area contributed by atoms with Gasteiger partial charge in [-0.05, 0) is 90.7 Å². The summed E-state index contributed by atoms with van der Waals surface area (Å²) in [6, 6.07) is 11.7. The number of fused-ring (bicyclic) bond motifs is 1. The zero-order chi connectivity index (χ0) is 28.7. The molecule has 9 heteroatoms. The molecule has 0 saturated heterocycles. The van der Waals surface area contributed by atoms with Gasteiger partial charge in [0.2, 0.25) is 0 Å². The van der Waals surface area contributed by atoms with Gasteiger partial charge in [0.15, 0.2) is 0 Å². The molecule has 2 aromatic carbocycles. The first-order chi connectivity index (χ1) is 18.5. The van der Waals surface area contributed by atoms with Gasteiger partial charge in [0, 0.05) is 44.4 Å². The molecule has 1 aliphatic rings. The Kier molecular flexibility index (Phi) is 10.7. The van der Waals surface area contributed by atoms with Gasteiger partial charge in [-0.3, -0.25) is 9.59 Å². The second kappa shape index (κ2) is 13.8. The minimum Gasteiger partial charge on any atom is -0.481 e. The molecule has 206 valence electrons. The number of benzene rings is 2. The maximum Gasteiger partial charge on any atom is 0.304 e. The predicted octanol–water partition coefficient (Wildman–Crippen LogP) is 6.34. The summed E-state index contributed by atoms with van der Waals surface area (Å²) in [5.41, 5.74) is 17.7. The first-order valence-corrected chi connectivity index (χ1v) is 14.1. The number of halogens is 2. The number of nitrogens with zero attached hydrogens (tertiary/aromatic N) is 1. The Balaban J connectivity index is 1.92. The van der Waals surface area contributed by atoms with Crippen molar-refractivity contribution in [3.8, 4) is 0 Å². The highest BCUT2D eigenvalue weighted by Crippen LogP contribution is 2.46. The van der Waals surface area contributed by atoms with Gasteiger partial charge >= 0.3 is 11.9 Å². The molecule has 1 aliphatic heterocycles. The van der Waals surface area contributed by atoms with Gasteiger partial charge in [0.25, 0.3) is 0 Å². The van der Waals surface area contributed by atoms with Crippen molar-refractivity contribution in [2.24, 2.45) is 11.5 Å². The van der Waals surface area contributed by atoms with Gasteiger partial charge in [-0.2, -0.15) is 0 Å². The van der Waals surface area contributed by atoms with E-state index >= 15 is 0 Å². The summed E-state index contributed by atoms with van der Waals surface area (Å²) in [5.74, 6) is -2.57. The molecule has 0 saturated carbocycles. The van der Waals surface area contributed by atoms with Crippen LogP contribution in [0.2, 0.25) is 0 Å². The Labute approximate surface area is 245 Å². The van der Waals surface area contributed by atoms with Crippen LogP contribution < -0.4 is 16.4 Å². The zero-order valence-electron chi connectivity index (χ0n) is 21.7. The Morgan fingerprint density at radius 1 is 1.10 bits per heavy atom. The van der Waals surface area contributed by atoms with E-state index in [1.807, 2.05) is 49.4 Å². The van der Waals surface area contributed by atoms with Crippen molar-refractivity contribution in [1.82, 2.24) is 0 Å². The second-order valence-electron chi connectivity index (χ2n) is 9.47. The maximum absolute atomic E-state index is 11.8. The van der Waals surface area contributed by atoms with E-state index in [1.165, 1.54) is 0 Å². The molecule has 0 bridgehead atoms. The van der Waals surface area contributed by atoms with Crippen LogP contribution in [0, 0.1) is 6.92 Å². The van der Waals surface area contributed by atoms with Gasteiger partial charge in [-0.15, -0.1) is 0 Å². The summed E-state index contributed by atoms with van der Waals surface area (Å²) in [5, 5.41) is 19.2. The van der Waals surface area contributed by atoms with E-state index in [2.05, 4.69) is 43.3 Å². The van der Waals surface area contributed by atoms with E-state index in [4.69, 9.17) is 11.5 Å². The van der Waals surface area contributed by atoms with E-state index in [0.29, 0.717) is 24.4 Å². The van der Waals surface area contributed by atoms with E-state index in [-0.39, 0.29) is 18.8 Å². The molecule has 0 fully saturated rings. The minimum atomic E-state index is -0.920. The monoisotopic (exact) mass is 657 g/mol. The lowest BCUT2D eigenvalue weighted by Gasteiger charge is -2.23. The molecule has 0 spiro atoms. The number of carboxylic acid groups (broad SMARTS) is 2. The first kappa shape index (κ1) is 30.4. The van der Waals surface area contributed by atoms with Crippen LogP contribution in [0.15, 0.2) is 93.2 Å². The molecule has 0 aliphatic carbocycles. The van der Waals surface area contributed by atoms with Gasteiger partial charge in [0.05, 0.1) is 12.8 Å². The van der Waals surface area contributed by atoms with Gasteiger partial charge in [-0.25, -0.2) is 0 Å². The highest BCUT2D eigenvalue weighted by molar-refractivity contribution is 9.10. The van der Waals surface area contributed by atoms with E-state index in [0.717, 1.165) is 43.4 Å². The van der Waals surface area contributed by atoms with Crippen LogP contribution in [0.25, 0.3) is 0 Å². The normalized spacial score (nSPS) is 17.0. The maximum atomic E-state index is 11.8. The van der Waals surface area contributed by atoms with Crippen molar-refractivity contribution in [2.45, 2.75) is 38.0 Å². The third-order valence-corrected chi connectivity index (χ3v) is 7.66. The molecule has 0 aromatic heterocycles. The van der Waals surface area contributed by atoms with Crippen molar-refractivity contribution in [3.05, 3.63) is 110 Å². The second-order valence-corrected chi connectivity index (χ2v) is 11.3. The molecule has 6 N–H and O–H groups in total.